The molecule has 47 heavy (non-hydrogen) atoms. The topological polar surface area (TPSA) is 69.6 Å². The van der Waals surface area contributed by atoms with Crippen LogP contribution < -0.4 is 5.32 Å². The number of aliphatic hydroxyl groups excluding tert-OH is 2. The third-order valence-electron chi connectivity index (χ3n) is 9.05. The fourth-order valence-corrected chi connectivity index (χ4v) is 5.89. The van der Waals surface area contributed by atoms with E-state index in [2.05, 4.69) is 49.5 Å². The van der Waals surface area contributed by atoms with Crippen molar-refractivity contribution in [3.8, 4) is 0 Å². The summed E-state index contributed by atoms with van der Waals surface area (Å²) in [6.45, 7) is 4.26. The van der Waals surface area contributed by atoms with Gasteiger partial charge >= 0.3 is 0 Å². The van der Waals surface area contributed by atoms with Crippen LogP contribution in [0.25, 0.3) is 0 Å². The van der Waals surface area contributed by atoms with E-state index in [1.54, 1.807) is 6.08 Å². The molecule has 0 bridgehead atoms. The average molecular weight is 658 g/mol. The van der Waals surface area contributed by atoms with Gasteiger partial charge in [0.05, 0.1) is 18.8 Å². The van der Waals surface area contributed by atoms with Crippen LogP contribution in [-0.2, 0) is 4.79 Å². The molecule has 0 aromatic rings. The normalized spacial score (nSPS) is 13.5. The van der Waals surface area contributed by atoms with Gasteiger partial charge in [-0.05, 0) is 51.4 Å². The maximum Gasteiger partial charge on any atom is 0.220 e. The van der Waals surface area contributed by atoms with Crippen LogP contribution in [0, 0.1) is 0 Å². The van der Waals surface area contributed by atoms with Crippen molar-refractivity contribution in [1.29, 1.82) is 0 Å². The molecule has 0 aromatic carbocycles. The summed E-state index contributed by atoms with van der Waals surface area (Å²) in [4.78, 5) is 12.3. The van der Waals surface area contributed by atoms with Crippen molar-refractivity contribution in [3.63, 3.8) is 0 Å². The third kappa shape index (κ3) is 35.5. The van der Waals surface area contributed by atoms with E-state index in [0.29, 0.717) is 12.8 Å². The van der Waals surface area contributed by atoms with E-state index in [4.69, 9.17) is 0 Å². The van der Waals surface area contributed by atoms with Gasteiger partial charge in [-0.15, -0.1) is 0 Å². The van der Waals surface area contributed by atoms with Crippen LogP contribution in [-0.4, -0.2) is 34.9 Å². The smallest absolute Gasteiger partial charge is 0.220 e. The van der Waals surface area contributed by atoms with Gasteiger partial charge in [-0.2, -0.15) is 0 Å². The molecule has 2 unspecified atom stereocenters. The zero-order chi connectivity index (χ0) is 34.3. The highest BCUT2D eigenvalue weighted by Crippen LogP contribution is 2.14. The van der Waals surface area contributed by atoms with E-state index in [1.165, 1.54) is 141 Å². The van der Waals surface area contributed by atoms with Crippen LogP contribution in [0.4, 0.5) is 0 Å². The van der Waals surface area contributed by atoms with Gasteiger partial charge < -0.3 is 15.5 Å². The number of aliphatic hydroxyl groups is 2. The number of carbonyl (C=O) groups excluding carboxylic acids is 1. The van der Waals surface area contributed by atoms with E-state index in [0.717, 1.165) is 32.1 Å². The molecule has 4 heteroatoms. The number of rotatable bonds is 36. The van der Waals surface area contributed by atoms with Gasteiger partial charge in [0.1, 0.15) is 0 Å². The van der Waals surface area contributed by atoms with Crippen LogP contribution in [0.5, 0.6) is 0 Å². The lowest BCUT2D eigenvalue weighted by atomic mass is 10.0. The van der Waals surface area contributed by atoms with Crippen molar-refractivity contribution in [2.45, 2.75) is 212 Å². The molecule has 2 atom stereocenters. The highest BCUT2D eigenvalue weighted by Gasteiger charge is 2.17. The average Bonchev–Trinajstić information content (AvgIpc) is 3.07. The Bertz CT molecular complexity index is 756. The Balaban J connectivity index is 3.68. The molecule has 3 N–H and O–H groups in total. The number of hydrogen-bond acceptors (Lipinski definition) is 3. The second kappa shape index (κ2) is 38.8. The molecule has 4 nitrogen and oxygen atoms in total. The van der Waals surface area contributed by atoms with Crippen LogP contribution in [0.3, 0.4) is 0 Å². The summed E-state index contributed by atoms with van der Waals surface area (Å²) in [7, 11) is 0. The lowest BCUT2D eigenvalue weighted by Crippen LogP contribution is -2.45. The molecule has 0 aliphatic heterocycles. The molecule has 0 aliphatic carbocycles. The molecule has 0 heterocycles. The highest BCUT2D eigenvalue weighted by atomic mass is 16.3. The fourth-order valence-electron chi connectivity index (χ4n) is 5.89. The summed E-state index contributed by atoms with van der Waals surface area (Å²) in [5.41, 5.74) is 0. The van der Waals surface area contributed by atoms with Gasteiger partial charge in [-0.3, -0.25) is 4.79 Å². The Morgan fingerprint density at radius 3 is 1.36 bits per heavy atom. The van der Waals surface area contributed by atoms with Crippen molar-refractivity contribution < 1.29 is 15.0 Å². The van der Waals surface area contributed by atoms with Crippen LogP contribution in [0.2, 0.25) is 0 Å². The number of nitrogens with one attached hydrogen (secondary N) is 1. The Morgan fingerprint density at radius 1 is 0.511 bits per heavy atom. The standard InChI is InChI=1S/C43H79NO3/c1-3-5-7-9-11-13-15-17-18-19-20-21-22-23-24-25-27-28-30-32-34-36-38-42(46)41(40-45)44-43(47)39-37-35-33-31-29-26-16-14-12-10-8-6-4-2/h26,28-30,33,35-36,38,41-42,45-46H,3-25,27,31-32,34,37,39-40H2,1-2H3,(H,44,47)/b29-26-,30-28+,35-33-,38-36+. The molecule has 0 fully saturated rings. The molecule has 0 aliphatic rings. The summed E-state index contributed by atoms with van der Waals surface area (Å²) in [5.74, 6) is -0.142. The highest BCUT2D eigenvalue weighted by molar-refractivity contribution is 5.76. The predicted octanol–water partition coefficient (Wildman–Crippen LogP) is 12.4. The maximum atomic E-state index is 12.3. The Labute approximate surface area is 293 Å². The van der Waals surface area contributed by atoms with Gasteiger partial charge in [0.15, 0.2) is 0 Å². The minimum absolute atomic E-state index is 0.142. The first kappa shape index (κ1) is 45.3. The van der Waals surface area contributed by atoms with E-state index in [9.17, 15) is 15.0 Å². The SMILES string of the molecule is CCCCCCCC/C=C\C/C=C\CCC(=O)NC(CO)C(O)/C=C/CC/C=C/CCCCCCCCCCCCCCCCCC. The van der Waals surface area contributed by atoms with E-state index < -0.39 is 12.1 Å². The van der Waals surface area contributed by atoms with Gasteiger partial charge in [0, 0.05) is 6.42 Å². The van der Waals surface area contributed by atoms with Gasteiger partial charge in [0.2, 0.25) is 5.91 Å². The molecule has 0 radical (unpaired) electrons. The Kier molecular flexibility index (Phi) is 37.4. The molecule has 0 saturated heterocycles. The van der Waals surface area contributed by atoms with E-state index in [-0.39, 0.29) is 12.5 Å². The molecular weight excluding hydrogens is 578 g/mol. The fraction of sp³-hybridized carbons (Fsp3) is 0.791. The van der Waals surface area contributed by atoms with Crippen LogP contribution in [0.1, 0.15) is 200 Å². The first-order valence-electron chi connectivity index (χ1n) is 20.4. The third-order valence-corrected chi connectivity index (χ3v) is 9.05. The Hall–Kier alpha value is -1.65. The lowest BCUT2D eigenvalue weighted by molar-refractivity contribution is -0.122. The van der Waals surface area contributed by atoms with Crippen molar-refractivity contribution >= 4 is 5.91 Å². The largest absolute Gasteiger partial charge is 0.394 e. The first-order chi connectivity index (χ1) is 23.2. The van der Waals surface area contributed by atoms with Crippen LogP contribution >= 0.6 is 0 Å². The van der Waals surface area contributed by atoms with Crippen molar-refractivity contribution in [1.82, 2.24) is 5.32 Å². The molecule has 0 rings (SSSR count). The summed E-state index contributed by atoms with van der Waals surface area (Å²) >= 11 is 0. The lowest BCUT2D eigenvalue weighted by Gasteiger charge is -2.19. The second-order valence-corrected chi connectivity index (χ2v) is 13.7. The van der Waals surface area contributed by atoms with E-state index >= 15 is 0 Å². The number of hydrogen-bond donors (Lipinski definition) is 3. The van der Waals surface area contributed by atoms with E-state index in [1.807, 2.05) is 12.2 Å². The summed E-state index contributed by atoms with van der Waals surface area (Å²) < 4.78 is 0. The summed E-state index contributed by atoms with van der Waals surface area (Å²) in [5, 5.41) is 22.8. The molecule has 1 amide bonds. The second-order valence-electron chi connectivity index (χ2n) is 13.7. The van der Waals surface area contributed by atoms with Gasteiger partial charge in [-0.25, -0.2) is 0 Å². The van der Waals surface area contributed by atoms with Gasteiger partial charge in [-0.1, -0.05) is 191 Å². The zero-order valence-electron chi connectivity index (χ0n) is 31.3. The first-order valence-corrected chi connectivity index (χ1v) is 20.4. The number of amides is 1. The quantitative estimate of drug-likeness (QED) is 0.0464. The molecule has 0 saturated carbocycles. The van der Waals surface area contributed by atoms with Crippen LogP contribution in [0.15, 0.2) is 48.6 Å². The number of carbonyl (C=O) groups is 1. The zero-order valence-corrected chi connectivity index (χ0v) is 31.3. The predicted molar refractivity (Wildman–Crippen MR) is 207 cm³/mol. The summed E-state index contributed by atoms with van der Waals surface area (Å²) in [6.07, 6.45) is 52.3. The molecule has 0 aromatic heterocycles. The maximum absolute atomic E-state index is 12.3. The Morgan fingerprint density at radius 2 is 0.894 bits per heavy atom. The molecular formula is C43H79NO3. The minimum Gasteiger partial charge on any atom is -0.394 e. The monoisotopic (exact) mass is 658 g/mol. The minimum atomic E-state index is -0.884. The van der Waals surface area contributed by atoms with Crippen molar-refractivity contribution in [2.24, 2.45) is 0 Å². The molecule has 0 spiro atoms. The summed E-state index contributed by atoms with van der Waals surface area (Å²) in [6, 6.07) is -0.668. The molecule has 274 valence electrons. The number of unbranched alkanes of at least 4 members (excludes halogenated alkanes) is 23. The van der Waals surface area contributed by atoms with Gasteiger partial charge in [0.25, 0.3) is 0 Å². The van der Waals surface area contributed by atoms with Crippen molar-refractivity contribution in [3.05, 3.63) is 48.6 Å². The number of allylic oxidation sites excluding steroid dienone is 7. The van der Waals surface area contributed by atoms with Crippen molar-refractivity contribution in [2.75, 3.05) is 6.61 Å².